The maximum absolute atomic E-state index is 12.3. The van der Waals surface area contributed by atoms with Crippen LogP contribution in [0.25, 0.3) is 0 Å². The van der Waals surface area contributed by atoms with Crippen LogP contribution in [0, 0.1) is 5.92 Å². The van der Waals surface area contributed by atoms with Crippen LogP contribution in [-0.4, -0.2) is 57.8 Å². The highest BCUT2D eigenvalue weighted by Gasteiger charge is 2.41. The van der Waals surface area contributed by atoms with Gasteiger partial charge in [-0.2, -0.15) is 0 Å². The monoisotopic (exact) mass is 282 g/mol. The van der Waals surface area contributed by atoms with Gasteiger partial charge in [0.15, 0.2) is 0 Å². The molecule has 4 atom stereocenters. The average Bonchev–Trinajstić information content (AvgIpc) is 2.93. The molecule has 3 heterocycles. The number of likely N-dealkylation sites (tertiary alicyclic amines) is 1. The van der Waals surface area contributed by atoms with E-state index in [2.05, 4.69) is 5.32 Å². The fourth-order valence-electron chi connectivity index (χ4n) is 4.03. The number of hydrogen-bond donors (Lipinski definition) is 3. The Balaban J connectivity index is 1.60. The van der Waals surface area contributed by atoms with Gasteiger partial charge >= 0.3 is 5.97 Å². The van der Waals surface area contributed by atoms with Crippen LogP contribution in [-0.2, 0) is 9.59 Å². The van der Waals surface area contributed by atoms with Crippen LogP contribution in [0.4, 0.5) is 0 Å². The number of hydrogen-bond acceptors (Lipinski definition) is 4. The van der Waals surface area contributed by atoms with E-state index < -0.39 is 18.1 Å². The zero-order valence-electron chi connectivity index (χ0n) is 11.5. The molecular weight excluding hydrogens is 260 g/mol. The van der Waals surface area contributed by atoms with Gasteiger partial charge in [-0.1, -0.05) is 0 Å². The maximum atomic E-state index is 12.3. The first-order chi connectivity index (χ1) is 9.52. The Bertz CT molecular complexity index is 402. The highest BCUT2D eigenvalue weighted by Crippen LogP contribution is 2.33. The normalized spacial score (nSPS) is 40.0. The van der Waals surface area contributed by atoms with Crippen LogP contribution in [0.1, 0.15) is 38.5 Å². The van der Waals surface area contributed by atoms with E-state index in [9.17, 15) is 14.7 Å². The molecule has 1 amide bonds. The third-order valence-electron chi connectivity index (χ3n) is 4.92. The van der Waals surface area contributed by atoms with Crippen LogP contribution in [0.2, 0.25) is 0 Å². The number of nitrogens with one attached hydrogen (secondary N) is 1. The van der Waals surface area contributed by atoms with Crippen LogP contribution in [0.15, 0.2) is 0 Å². The summed E-state index contributed by atoms with van der Waals surface area (Å²) in [5, 5.41) is 22.3. The summed E-state index contributed by atoms with van der Waals surface area (Å²) in [7, 11) is 0. The minimum atomic E-state index is -1.01. The van der Waals surface area contributed by atoms with Crippen LogP contribution in [0.3, 0.4) is 0 Å². The van der Waals surface area contributed by atoms with Gasteiger partial charge < -0.3 is 20.4 Å². The number of carbonyl (C=O) groups is 2. The average molecular weight is 282 g/mol. The minimum absolute atomic E-state index is 0.111. The largest absolute Gasteiger partial charge is 0.480 e. The number of carboxylic acids is 1. The maximum Gasteiger partial charge on any atom is 0.326 e. The van der Waals surface area contributed by atoms with Gasteiger partial charge in [0.2, 0.25) is 5.91 Å². The Morgan fingerprint density at radius 2 is 1.80 bits per heavy atom. The van der Waals surface area contributed by atoms with Gasteiger partial charge in [-0.05, 0) is 31.6 Å². The first kappa shape index (κ1) is 13.8. The summed E-state index contributed by atoms with van der Waals surface area (Å²) in [5.41, 5.74) is 0. The highest BCUT2D eigenvalue weighted by molar-refractivity contribution is 5.84. The molecule has 3 aliphatic rings. The molecule has 0 aromatic carbocycles. The predicted octanol–water partition coefficient (Wildman–Crippen LogP) is -0.0465. The molecule has 3 rings (SSSR count). The van der Waals surface area contributed by atoms with Gasteiger partial charge in [-0.15, -0.1) is 0 Å². The van der Waals surface area contributed by atoms with Crippen molar-refractivity contribution in [2.45, 2.75) is 62.8 Å². The van der Waals surface area contributed by atoms with Crippen molar-refractivity contribution in [3.63, 3.8) is 0 Å². The van der Waals surface area contributed by atoms with Gasteiger partial charge in [-0.3, -0.25) is 4.79 Å². The molecule has 0 radical (unpaired) electrons. The van der Waals surface area contributed by atoms with E-state index >= 15 is 0 Å². The number of aliphatic hydroxyl groups excluding tert-OH is 1. The number of nitrogens with zero attached hydrogens (tertiary/aromatic N) is 1. The van der Waals surface area contributed by atoms with Crippen molar-refractivity contribution in [1.29, 1.82) is 0 Å². The van der Waals surface area contributed by atoms with E-state index in [-0.39, 0.29) is 18.9 Å². The molecule has 2 unspecified atom stereocenters. The number of β-amino-alcohol motifs (C(OH)–C–C–N with tert-alkyl or cyclic N) is 1. The lowest BCUT2D eigenvalue weighted by Crippen LogP contribution is -2.43. The molecule has 6 heteroatoms. The third-order valence-corrected chi connectivity index (χ3v) is 4.92. The van der Waals surface area contributed by atoms with Crippen molar-refractivity contribution in [2.75, 3.05) is 6.54 Å². The smallest absolute Gasteiger partial charge is 0.326 e. The fourth-order valence-corrected chi connectivity index (χ4v) is 4.03. The van der Waals surface area contributed by atoms with E-state index in [0.29, 0.717) is 24.4 Å². The van der Waals surface area contributed by atoms with E-state index in [1.807, 2.05) is 0 Å². The standard InChI is InChI=1S/C14H22N2O4/c17-11-6-12(14(19)20)16(7-11)13(18)5-8-3-9-1-2-10(4-8)15-9/h8-12,15,17H,1-7H2,(H,19,20)/t8?,9?,10?,11-,12-/m0/s1. The zero-order chi connectivity index (χ0) is 14.3. The molecule has 3 aliphatic heterocycles. The minimum Gasteiger partial charge on any atom is -0.480 e. The molecule has 3 saturated heterocycles. The third kappa shape index (κ3) is 2.67. The molecule has 6 nitrogen and oxygen atoms in total. The molecule has 112 valence electrons. The lowest BCUT2D eigenvalue weighted by atomic mass is 9.89. The van der Waals surface area contributed by atoms with E-state index in [0.717, 1.165) is 12.8 Å². The SMILES string of the molecule is O=C(O)[C@@H]1C[C@H](O)CN1C(=O)CC1CC2CCC(C1)N2. The number of carboxylic acid groups (broad SMARTS) is 1. The van der Waals surface area contributed by atoms with Crippen molar-refractivity contribution in [1.82, 2.24) is 10.2 Å². The van der Waals surface area contributed by atoms with Gasteiger partial charge in [-0.25, -0.2) is 4.79 Å². The topological polar surface area (TPSA) is 89.9 Å². The fraction of sp³-hybridized carbons (Fsp3) is 0.857. The van der Waals surface area contributed by atoms with Crippen molar-refractivity contribution < 1.29 is 19.8 Å². The summed E-state index contributed by atoms with van der Waals surface area (Å²) >= 11 is 0. The Morgan fingerprint density at radius 3 is 2.40 bits per heavy atom. The van der Waals surface area contributed by atoms with Crippen molar-refractivity contribution >= 4 is 11.9 Å². The Morgan fingerprint density at radius 1 is 1.15 bits per heavy atom. The van der Waals surface area contributed by atoms with E-state index in [1.165, 1.54) is 17.7 Å². The number of piperidine rings is 1. The molecule has 20 heavy (non-hydrogen) atoms. The van der Waals surface area contributed by atoms with Crippen molar-refractivity contribution in [2.24, 2.45) is 5.92 Å². The van der Waals surface area contributed by atoms with Gasteiger partial charge in [0, 0.05) is 31.5 Å². The van der Waals surface area contributed by atoms with Crippen LogP contribution >= 0.6 is 0 Å². The Kier molecular flexibility index (Phi) is 3.69. The first-order valence-corrected chi connectivity index (χ1v) is 7.49. The van der Waals surface area contributed by atoms with Gasteiger partial charge in [0.25, 0.3) is 0 Å². The summed E-state index contributed by atoms with van der Waals surface area (Å²) in [6.07, 6.45) is 4.27. The molecule has 0 aliphatic carbocycles. The molecular formula is C14H22N2O4. The molecule has 0 aromatic rings. The molecule has 0 spiro atoms. The predicted molar refractivity (Wildman–Crippen MR) is 71.0 cm³/mol. The number of aliphatic carboxylic acids is 1. The summed E-state index contributed by atoms with van der Waals surface area (Å²) in [4.78, 5) is 24.9. The van der Waals surface area contributed by atoms with Crippen molar-refractivity contribution in [3.05, 3.63) is 0 Å². The second-order valence-electron chi connectivity index (χ2n) is 6.47. The lowest BCUT2D eigenvalue weighted by Gasteiger charge is -2.30. The lowest BCUT2D eigenvalue weighted by molar-refractivity contribution is -0.148. The van der Waals surface area contributed by atoms with E-state index in [1.54, 1.807) is 0 Å². The molecule has 3 fully saturated rings. The zero-order valence-corrected chi connectivity index (χ0v) is 11.5. The highest BCUT2D eigenvalue weighted by atomic mass is 16.4. The molecule has 2 bridgehead atoms. The van der Waals surface area contributed by atoms with E-state index in [4.69, 9.17) is 5.11 Å². The number of carbonyl (C=O) groups excluding carboxylic acids is 1. The summed E-state index contributed by atoms with van der Waals surface area (Å²) in [6, 6.07) is 0.216. The molecule has 3 N–H and O–H groups in total. The summed E-state index contributed by atoms with van der Waals surface area (Å²) in [6.45, 7) is 0.160. The molecule has 0 aromatic heterocycles. The number of fused-ring (bicyclic) bond motifs is 2. The summed E-state index contributed by atoms with van der Waals surface area (Å²) in [5.74, 6) is -0.769. The summed E-state index contributed by atoms with van der Waals surface area (Å²) < 4.78 is 0. The number of rotatable bonds is 3. The number of aliphatic hydroxyl groups is 1. The van der Waals surface area contributed by atoms with Crippen LogP contribution in [0.5, 0.6) is 0 Å². The molecule has 0 saturated carbocycles. The second kappa shape index (κ2) is 5.33. The van der Waals surface area contributed by atoms with Gasteiger partial charge in [0.05, 0.1) is 6.10 Å². The van der Waals surface area contributed by atoms with Gasteiger partial charge in [0.1, 0.15) is 6.04 Å². The number of amides is 1. The Hall–Kier alpha value is -1.14. The quantitative estimate of drug-likeness (QED) is 0.675. The Labute approximate surface area is 118 Å². The second-order valence-corrected chi connectivity index (χ2v) is 6.47. The van der Waals surface area contributed by atoms with Crippen molar-refractivity contribution in [3.8, 4) is 0 Å². The first-order valence-electron chi connectivity index (χ1n) is 7.49. The van der Waals surface area contributed by atoms with Crippen LogP contribution < -0.4 is 5.32 Å².